The number of hydrogen-bond acceptors (Lipinski definition) is 9. The number of thiazole rings is 1. The predicted molar refractivity (Wildman–Crippen MR) is 130 cm³/mol. The highest BCUT2D eigenvalue weighted by atomic mass is 32.2. The number of anilines is 1. The number of carboxylic acids is 1. The molecule has 182 valence electrons. The van der Waals surface area contributed by atoms with E-state index in [1.54, 1.807) is 33.4 Å². The number of benzene rings is 1. The summed E-state index contributed by atoms with van der Waals surface area (Å²) >= 11 is 0. The lowest BCUT2D eigenvalue weighted by atomic mass is 10.2. The molecule has 12 heteroatoms. The third kappa shape index (κ3) is 5.17. The van der Waals surface area contributed by atoms with Crippen LogP contribution in [-0.2, 0) is 12.3 Å². The summed E-state index contributed by atoms with van der Waals surface area (Å²) in [5.74, 6) is 2.04. The fourth-order valence-electron chi connectivity index (χ4n) is 3.51. The fraction of sp³-hybridized carbons (Fsp3) is 0.261. The number of carbonyl (C=O) groups is 1. The van der Waals surface area contributed by atoms with Gasteiger partial charge in [0.15, 0.2) is 23.7 Å². The number of nitrogens with zero attached hydrogens (tertiary/aromatic N) is 4. The molecule has 0 amide bonds. The third-order valence-electron chi connectivity index (χ3n) is 5.12. The normalized spacial score (nSPS) is 12.0. The van der Waals surface area contributed by atoms with Crippen molar-refractivity contribution < 1.29 is 23.8 Å². The van der Waals surface area contributed by atoms with Crippen LogP contribution in [0.15, 0.2) is 46.3 Å². The number of nitrogens with one attached hydrogen (secondary N) is 2. The summed E-state index contributed by atoms with van der Waals surface area (Å²) in [6, 6.07) is 7.37. The van der Waals surface area contributed by atoms with E-state index in [4.69, 9.17) is 13.9 Å². The first-order chi connectivity index (χ1) is 16.9. The summed E-state index contributed by atoms with van der Waals surface area (Å²) in [4.78, 5) is 33.2. The van der Waals surface area contributed by atoms with Gasteiger partial charge in [-0.05, 0) is 31.5 Å². The molecule has 35 heavy (non-hydrogen) atoms. The van der Waals surface area contributed by atoms with Crippen molar-refractivity contribution in [2.75, 3.05) is 19.5 Å². The molecular formula is C23H25N6O5S+. The molecule has 0 radical (unpaired) electrons. The molecule has 4 aromatic rings. The Hall–Kier alpha value is -4.19. The highest BCUT2D eigenvalue weighted by molar-refractivity contribution is 7.30. The molecule has 3 N–H and O–H groups in total. The van der Waals surface area contributed by atoms with Crippen molar-refractivity contribution in [1.29, 1.82) is 0 Å². The van der Waals surface area contributed by atoms with E-state index in [1.807, 2.05) is 25.1 Å². The molecule has 3 aromatic heterocycles. The van der Waals surface area contributed by atoms with E-state index in [2.05, 4.69) is 30.2 Å². The number of aromatic nitrogens is 4. The topological polar surface area (TPSA) is 148 Å². The molecule has 1 unspecified atom stereocenters. The zero-order valence-electron chi connectivity index (χ0n) is 19.7. The summed E-state index contributed by atoms with van der Waals surface area (Å²) in [5.41, 5.74) is 2.01. The van der Waals surface area contributed by atoms with Crippen molar-refractivity contribution in [3.63, 3.8) is 0 Å². The molecule has 11 nitrogen and oxygen atoms in total. The number of oxazole rings is 1. The Bertz CT molecular complexity index is 1410. The Labute approximate surface area is 203 Å². The summed E-state index contributed by atoms with van der Waals surface area (Å²) < 4.78 is 16.1. The molecule has 3 heterocycles. The van der Waals surface area contributed by atoms with Crippen LogP contribution in [0.5, 0.6) is 11.5 Å². The number of hydrogen-bond donors (Lipinski definition) is 3. The Morgan fingerprint density at radius 3 is 2.69 bits per heavy atom. The molecular weight excluding hydrogens is 472 g/mol. The van der Waals surface area contributed by atoms with Crippen molar-refractivity contribution in [3.05, 3.63) is 57.8 Å². The van der Waals surface area contributed by atoms with Gasteiger partial charge in [-0.3, -0.25) is 4.98 Å². The van der Waals surface area contributed by atoms with Gasteiger partial charge in [-0.1, -0.05) is 6.07 Å². The standard InChI is InChI=1S/C23H24N6O5S/c1-5-35-20(21(30)31)13(2)26-23(35)29-22-27-15(18-11-24-12-34-18)9-19(28-22)25-10-14-6-7-16(32-3)17(8-14)33-4/h6-9,11-12H,5,10H2,1-4H3,(H2-,25,26,27,28,29,30,31)/p+1. The van der Waals surface area contributed by atoms with E-state index in [-0.39, 0.29) is 5.95 Å². The molecule has 1 aromatic carbocycles. The smallest absolute Gasteiger partial charge is 0.391 e. The van der Waals surface area contributed by atoms with Crippen molar-refractivity contribution in [1.82, 2.24) is 19.9 Å². The van der Waals surface area contributed by atoms with Crippen LogP contribution in [0.25, 0.3) is 11.5 Å². The molecule has 0 saturated heterocycles. The Kier molecular flexibility index (Phi) is 7.11. The second kappa shape index (κ2) is 10.4. The number of H-pyrrole nitrogens is 1. The fourth-order valence-corrected chi connectivity index (χ4v) is 5.36. The van der Waals surface area contributed by atoms with Crippen LogP contribution in [0.1, 0.15) is 27.9 Å². The highest BCUT2D eigenvalue weighted by Gasteiger charge is 2.27. The van der Waals surface area contributed by atoms with E-state index in [0.717, 1.165) is 5.56 Å². The van der Waals surface area contributed by atoms with Crippen LogP contribution in [-0.4, -0.2) is 45.2 Å². The molecule has 0 aliphatic rings. The first-order valence-electron chi connectivity index (χ1n) is 10.7. The SMILES string of the molecule is CC[s+]1c(C(=O)O)c(C)[nH]c1=Nc1nc(NCc2ccc(OC)c(OC)c2)cc(-c2cnco2)n1. The third-order valence-corrected chi connectivity index (χ3v) is 7.33. The van der Waals surface area contributed by atoms with Crippen LogP contribution in [0, 0.1) is 6.92 Å². The molecule has 0 bridgehead atoms. The summed E-state index contributed by atoms with van der Waals surface area (Å²) in [7, 11) is 2.47. The summed E-state index contributed by atoms with van der Waals surface area (Å²) in [6.07, 6.45) is 2.87. The maximum Gasteiger partial charge on any atom is 0.391 e. The summed E-state index contributed by atoms with van der Waals surface area (Å²) in [6.45, 7) is 4.10. The number of aryl methyl sites for hydroxylation is 1. The highest BCUT2D eigenvalue weighted by Crippen LogP contribution is 2.29. The lowest BCUT2D eigenvalue weighted by molar-refractivity contribution is 0.0701. The molecule has 0 saturated carbocycles. The minimum Gasteiger partial charge on any atom is -0.493 e. The van der Waals surface area contributed by atoms with E-state index in [9.17, 15) is 9.90 Å². The molecule has 0 aliphatic heterocycles. The van der Waals surface area contributed by atoms with Gasteiger partial charge in [0.1, 0.15) is 17.3 Å². The number of ether oxygens (including phenoxy) is 2. The minimum absolute atomic E-state index is 0.168. The van der Waals surface area contributed by atoms with Crippen molar-refractivity contribution in [2.45, 2.75) is 26.1 Å². The Morgan fingerprint density at radius 1 is 1.23 bits per heavy atom. The maximum absolute atomic E-state index is 11.7. The van der Waals surface area contributed by atoms with Gasteiger partial charge in [0.05, 0.1) is 26.1 Å². The second-order valence-corrected chi connectivity index (χ2v) is 9.48. The zero-order chi connectivity index (χ0) is 24.9. The first kappa shape index (κ1) is 24.0. The lowest BCUT2D eigenvalue weighted by Gasteiger charge is -2.11. The van der Waals surface area contributed by atoms with Gasteiger partial charge in [-0.2, -0.15) is 4.98 Å². The van der Waals surface area contributed by atoms with Crippen LogP contribution in [0.2, 0.25) is 0 Å². The van der Waals surface area contributed by atoms with Gasteiger partial charge < -0.3 is 24.3 Å². The molecule has 1 atom stereocenters. The van der Waals surface area contributed by atoms with Gasteiger partial charge in [-0.15, -0.1) is 4.99 Å². The Balaban J connectivity index is 1.72. The number of methoxy groups -OCH3 is 2. The second-order valence-electron chi connectivity index (χ2n) is 7.33. The minimum atomic E-state index is -0.959. The van der Waals surface area contributed by atoms with Crippen LogP contribution < -0.4 is 19.6 Å². The average Bonchev–Trinajstić information content (AvgIpc) is 3.50. The first-order valence-corrected chi connectivity index (χ1v) is 12.1. The van der Waals surface area contributed by atoms with E-state index >= 15 is 0 Å². The quantitative estimate of drug-likeness (QED) is 0.291. The summed E-state index contributed by atoms with van der Waals surface area (Å²) in [5, 5.41) is 12.9. The van der Waals surface area contributed by atoms with Crippen LogP contribution in [0.3, 0.4) is 0 Å². The largest absolute Gasteiger partial charge is 0.493 e. The van der Waals surface area contributed by atoms with E-state index < -0.39 is 16.4 Å². The predicted octanol–water partition coefficient (Wildman–Crippen LogP) is 4.10. The zero-order valence-corrected chi connectivity index (χ0v) is 20.5. The monoisotopic (exact) mass is 497 g/mol. The van der Waals surface area contributed by atoms with Gasteiger partial charge in [0.2, 0.25) is 0 Å². The number of aromatic carboxylic acids is 1. The molecule has 0 spiro atoms. The van der Waals surface area contributed by atoms with E-state index in [0.29, 0.717) is 56.4 Å². The number of rotatable bonds is 9. The van der Waals surface area contributed by atoms with Crippen molar-refractivity contribution in [2.24, 2.45) is 4.99 Å². The van der Waals surface area contributed by atoms with Gasteiger partial charge in [0.25, 0.3) is 10.8 Å². The van der Waals surface area contributed by atoms with Gasteiger partial charge in [-0.25, -0.2) is 14.8 Å². The lowest BCUT2D eigenvalue weighted by Crippen LogP contribution is -2.06. The van der Waals surface area contributed by atoms with Crippen molar-refractivity contribution in [3.8, 4) is 23.0 Å². The average molecular weight is 498 g/mol. The van der Waals surface area contributed by atoms with Gasteiger partial charge in [0, 0.05) is 23.1 Å². The number of aromatic amines is 1. The number of carboxylic acid groups (broad SMARTS) is 1. The Morgan fingerprint density at radius 2 is 2.03 bits per heavy atom. The molecule has 0 aliphatic carbocycles. The van der Waals surface area contributed by atoms with Gasteiger partial charge >= 0.3 is 10.8 Å². The van der Waals surface area contributed by atoms with Crippen molar-refractivity contribution >= 4 is 28.2 Å². The molecule has 4 rings (SSSR count). The molecule has 0 fully saturated rings. The maximum atomic E-state index is 11.7. The van der Waals surface area contributed by atoms with Crippen LogP contribution >= 0.6 is 10.5 Å². The van der Waals surface area contributed by atoms with E-state index in [1.165, 1.54) is 6.39 Å². The van der Waals surface area contributed by atoms with Crippen LogP contribution in [0.4, 0.5) is 11.8 Å².